The summed E-state index contributed by atoms with van der Waals surface area (Å²) < 4.78 is 5.45. The number of phenolic OH excluding ortho intramolecular Hbond substituents is 1. The second-order valence-electron chi connectivity index (χ2n) is 6.42. The van der Waals surface area contributed by atoms with Gasteiger partial charge in [0.25, 0.3) is 11.8 Å². The zero-order valence-electron chi connectivity index (χ0n) is 15.3. The molecule has 3 rings (SSSR count). The fourth-order valence-corrected chi connectivity index (χ4v) is 2.86. The molecule has 1 aliphatic rings. The maximum Gasteiger partial charge on any atom is 0.260 e. The molecule has 6 nitrogen and oxygen atoms in total. The highest BCUT2D eigenvalue weighted by Gasteiger charge is 2.26. The molecule has 0 unspecified atom stereocenters. The van der Waals surface area contributed by atoms with Crippen molar-refractivity contribution in [1.29, 1.82) is 0 Å². The minimum absolute atomic E-state index is 0.0809. The number of hydrogen-bond acceptors (Lipinski definition) is 5. The number of rotatable bonds is 6. The van der Waals surface area contributed by atoms with Crippen LogP contribution < -0.4 is 20.8 Å². The Morgan fingerprint density at radius 2 is 1.96 bits per heavy atom. The van der Waals surface area contributed by atoms with Crippen LogP contribution in [0.4, 0.5) is 0 Å². The number of carbonyl (C=O) groups excluding carboxylic acids is 2. The second kappa shape index (κ2) is 7.99. The van der Waals surface area contributed by atoms with E-state index in [1.54, 1.807) is 24.4 Å². The summed E-state index contributed by atoms with van der Waals surface area (Å²) in [5.41, 5.74) is 3.30. The number of fused-ring (bicyclic) bond motifs is 1. The zero-order valence-corrected chi connectivity index (χ0v) is 15.3. The van der Waals surface area contributed by atoms with Crippen LogP contribution in [0.5, 0.6) is 11.5 Å². The number of benzene rings is 2. The summed E-state index contributed by atoms with van der Waals surface area (Å²) in [6, 6.07) is 10.6. The van der Waals surface area contributed by atoms with Crippen LogP contribution in [-0.4, -0.2) is 31.4 Å². The van der Waals surface area contributed by atoms with Gasteiger partial charge in [0.05, 0.1) is 12.2 Å². The molecule has 0 saturated carbocycles. The molecule has 0 aromatic heterocycles. The fourth-order valence-electron chi connectivity index (χ4n) is 2.86. The maximum atomic E-state index is 12.2. The smallest absolute Gasteiger partial charge is 0.260 e. The van der Waals surface area contributed by atoms with Crippen LogP contribution in [0.25, 0.3) is 5.57 Å². The van der Waals surface area contributed by atoms with E-state index in [0.29, 0.717) is 35.6 Å². The van der Waals surface area contributed by atoms with E-state index in [2.05, 4.69) is 10.6 Å². The van der Waals surface area contributed by atoms with Gasteiger partial charge >= 0.3 is 0 Å². The Hall–Kier alpha value is -3.22. The first kappa shape index (κ1) is 18.6. The number of carbonyl (C=O) groups is 2. The number of imide groups is 1. The van der Waals surface area contributed by atoms with Crippen LogP contribution in [0.2, 0.25) is 0 Å². The molecule has 2 aromatic rings. The molecule has 2 aromatic carbocycles. The lowest BCUT2D eigenvalue weighted by molar-refractivity contribution is -0.114. The quantitative estimate of drug-likeness (QED) is 0.402. The maximum absolute atomic E-state index is 12.2. The van der Waals surface area contributed by atoms with E-state index in [0.717, 1.165) is 17.4 Å². The van der Waals surface area contributed by atoms with Crippen molar-refractivity contribution in [3.05, 3.63) is 59.3 Å². The highest BCUT2D eigenvalue weighted by molar-refractivity contribution is 6.35. The van der Waals surface area contributed by atoms with Crippen LogP contribution in [0.15, 0.2) is 42.6 Å². The molecule has 0 saturated heterocycles. The highest BCUT2D eigenvalue weighted by atomic mass is 16.5. The normalized spacial score (nSPS) is 14.6. The minimum atomic E-state index is -0.434. The van der Waals surface area contributed by atoms with Crippen molar-refractivity contribution in [2.75, 3.05) is 6.61 Å². The second-order valence-corrected chi connectivity index (χ2v) is 6.42. The van der Waals surface area contributed by atoms with Crippen molar-refractivity contribution in [3.63, 3.8) is 0 Å². The summed E-state index contributed by atoms with van der Waals surface area (Å²) in [5, 5.41) is 15.5. The van der Waals surface area contributed by atoms with Crippen molar-refractivity contribution in [2.24, 2.45) is 0 Å². The Balaban J connectivity index is 1.76. The fraction of sp³-hybridized carbons (Fsp3) is 0.200. The summed E-state index contributed by atoms with van der Waals surface area (Å²) in [7, 11) is 1.91. The number of amides is 2. The summed E-state index contributed by atoms with van der Waals surface area (Å²) in [5.74, 6) is -0.289. The monoisotopic (exact) mass is 364 g/mol. The molecule has 7 heteroatoms. The zero-order chi connectivity index (χ0) is 19.4. The molecule has 0 radical (unpaired) electrons. The van der Waals surface area contributed by atoms with Crippen molar-refractivity contribution in [3.8, 4) is 11.5 Å². The van der Waals surface area contributed by atoms with Crippen molar-refractivity contribution in [2.45, 2.75) is 19.9 Å². The molecule has 1 aliphatic heterocycles. The summed E-state index contributed by atoms with van der Waals surface area (Å²) in [6.07, 6.45) is 2.46. The Morgan fingerprint density at radius 3 is 2.70 bits per heavy atom. The molecule has 27 heavy (non-hydrogen) atoms. The predicted octanol–water partition coefficient (Wildman–Crippen LogP) is 0.840. The van der Waals surface area contributed by atoms with Gasteiger partial charge in [-0.05, 0) is 30.2 Å². The minimum Gasteiger partial charge on any atom is -0.504 e. The molecule has 3 N–H and O–H groups in total. The summed E-state index contributed by atoms with van der Waals surface area (Å²) in [4.78, 5) is 24.2. The summed E-state index contributed by atoms with van der Waals surface area (Å²) >= 11 is 0. The molecule has 0 aliphatic carbocycles. The first-order valence-corrected chi connectivity index (χ1v) is 8.84. The third-order valence-corrected chi connectivity index (χ3v) is 4.22. The Labute approximate surface area is 158 Å². The van der Waals surface area contributed by atoms with Gasteiger partial charge in [-0.25, -0.2) is 0 Å². The molecule has 2 amide bonds. The lowest BCUT2D eigenvalue weighted by Gasteiger charge is -2.19. The number of nitrogens with one attached hydrogen (secondary N) is 2. The molecule has 0 spiro atoms. The van der Waals surface area contributed by atoms with Gasteiger partial charge in [-0.1, -0.05) is 30.6 Å². The Bertz CT molecular complexity index is 924. The van der Waals surface area contributed by atoms with E-state index in [9.17, 15) is 14.7 Å². The van der Waals surface area contributed by atoms with E-state index in [1.165, 1.54) is 0 Å². The van der Waals surface area contributed by atoms with Crippen LogP contribution >= 0.6 is 0 Å². The topological polar surface area (TPSA) is 87.7 Å². The van der Waals surface area contributed by atoms with Gasteiger partial charge in [0.15, 0.2) is 11.5 Å². The van der Waals surface area contributed by atoms with Crippen LogP contribution in [0.1, 0.15) is 34.8 Å². The van der Waals surface area contributed by atoms with Gasteiger partial charge in [-0.15, -0.1) is 0 Å². The average Bonchev–Trinajstić information content (AvgIpc) is 2.63. The predicted molar refractivity (Wildman–Crippen MR) is 106 cm³/mol. The standard InChI is InChI=1S/C20H21BN2O4/c1-2-7-27-18-6-3-12(8-17(18)24)10-22-11-16-15-9-13(21)4-5-14(15)19(25)23-20(16)26/h3-6,8-9,11,22,24H,2,7,10,21H2,1H3,(H,23,25,26)/b16-11-. The van der Waals surface area contributed by atoms with Gasteiger partial charge < -0.3 is 15.2 Å². The van der Waals surface area contributed by atoms with Crippen molar-refractivity contribution < 1.29 is 19.4 Å². The lowest BCUT2D eigenvalue weighted by Crippen LogP contribution is -2.37. The number of hydrogen-bond donors (Lipinski definition) is 3. The molecule has 138 valence electrons. The molecular weight excluding hydrogens is 343 g/mol. The van der Waals surface area contributed by atoms with Crippen LogP contribution in [-0.2, 0) is 11.3 Å². The van der Waals surface area contributed by atoms with Gasteiger partial charge in [0.1, 0.15) is 7.85 Å². The first-order chi connectivity index (χ1) is 13.0. The average molecular weight is 364 g/mol. The van der Waals surface area contributed by atoms with Crippen LogP contribution in [0.3, 0.4) is 0 Å². The van der Waals surface area contributed by atoms with Gasteiger partial charge in [0.2, 0.25) is 0 Å². The third kappa shape index (κ3) is 4.14. The first-order valence-electron chi connectivity index (χ1n) is 8.84. The van der Waals surface area contributed by atoms with Gasteiger partial charge in [0, 0.05) is 23.9 Å². The van der Waals surface area contributed by atoms with E-state index in [1.807, 2.05) is 33.0 Å². The van der Waals surface area contributed by atoms with Gasteiger partial charge in [-0.2, -0.15) is 0 Å². The number of ether oxygens (including phenoxy) is 1. The molecule has 0 atom stereocenters. The highest BCUT2D eigenvalue weighted by Crippen LogP contribution is 2.27. The van der Waals surface area contributed by atoms with Crippen molar-refractivity contribution >= 4 is 30.7 Å². The molecule has 1 heterocycles. The van der Waals surface area contributed by atoms with Crippen molar-refractivity contribution in [1.82, 2.24) is 10.6 Å². The molecule has 0 fully saturated rings. The Kier molecular flexibility index (Phi) is 5.50. The van der Waals surface area contributed by atoms with E-state index < -0.39 is 5.91 Å². The summed E-state index contributed by atoms with van der Waals surface area (Å²) in [6.45, 7) is 2.95. The molecular formula is C20H21BN2O4. The van der Waals surface area contributed by atoms with Crippen LogP contribution in [0, 0.1) is 0 Å². The van der Waals surface area contributed by atoms with E-state index in [4.69, 9.17) is 4.74 Å². The lowest BCUT2D eigenvalue weighted by atomic mass is 9.87. The van der Waals surface area contributed by atoms with E-state index >= 15 is 0 Å². The molecule has 0 bridgehead atoms. The number of aromatic hydroxyl groups is 1. The Morgan fingerprint density at radius 1 is 1.15 bits per heavy atom. The largest absolute Gasteiger partial charge is 0.504 e. The van der Waals surface area contributed by atoms with Gasteiger partial charge in [-0.3, -0.25) is 14.9 Å². The third-order valence-electron chi connectivity index (χ3n) is 4.22. The van der Waals surface area contributed by atoms with E-state index in [-0.39, 0.29) is 11.7 Å². The number of phenols is 1. The SMILES string of the molecule is Bc1ccc2c(c1)/C(=C/NCc1ccc(OCCC)c(O)c1)C(=O)NC2=O.